The summed E-state index contributed by atoms with van der Waals surface area (Å²) in [6.07, 6.45) is 16.7. The van der Waals surface area contributed by atoms with E-state index in [0.717, 1.165) is 56.9 Å². The van der Waals surface area contributed by atoms with Crippen molar-refractivity contribution in [3.63, 3.8) is 0 Å². The normalized spacial score (nSPS) is 17.0. The lowest BCUT2D eigenvalue weighted by Gasteiger charge is -2.38. The number of hydrogen-bond acceptors (Lipinski definition) is 2. The molecule has 33 heavy (non-hydrogen) atoms. The lowest BCUT2D eigenvalue weighted by atomic mass is 9.82. The van der Waals surface area contributed by atoms with Gasteiger partial charge in [0.1, 0.15) is 6.04 Å². The number of carbonyl (C=O) groups is 2. The Labute approximate surface area is 205 Å². The fraction of sp³-hybridized carbons (Fsp3) is 0.655. The molecule has 0 radical (unpaired) electrons. The highest BCUT2D eigenvalue weighted by Gasteiger charge is 2.38. The number of terminal acetylenes is 1. The van der Waals surface area contributed by atoms with Crippen LogP contribution < -0.4 is 5.32 Å². The van der Waals surface area contributed by atoms with Crippen LogP contribution in [0.25, 0.3) is 0 Å². The molecule has 3 rings (SSSR count). The molecule has 4 nitrogen and oxygen atoms in total. The Balaban J connectivity index is 0. The number of aryl methyl sites for hydroxylation is 1. The highest BCUT2D eigenvalue weighted by molar-refractivity contribution is 5.99. The molecule has 0 aliphatic heterocycles. The monoisotopic (exact) mass is 458 g/mol. The zero-order valence-electron chi connectivity index (χ0n) is 19.7. The van der Waals surface area contributed by atoms with Gasteiger partial charge in [0.2, 0.25) is 5.91 Å². The van der Waals surface area contributed by atoms with E-state index in [1.54, 1.807) is 4.90 Å². The second kappa shape index (κ2) is 16.4. The van der Waals surface area contributed by atoms with Gasteiger partial charge in [0, 0.05) is 13.0 Å². The third-order valence-corrected chi connectivity index (χ3v) is 6.55. The maximum atomic E-state index is 13.5. The van der Waals surface area contributed by atoms with Crippen molar-refractivity contribution in [2.24, 2.45) is 5.92 Å². The van der Waals surface area contributed by atoms with Crippen molar-refractivity contribution < 1.29 is 11.0 Å². The molecule has 0 heterocycles. The van der Waals surface area contributed by atoms with E-state index in [1.807, 2.05) is 45.0 Å². The first-order valence-corrected chi connectivity index (χ1v) is 12.2. The molecule has 2 amide bonds. The Hall–Kier alpha value is -2.28. The average Bonchev–Trinajstić information content (AvgIpc) is 2.81. The molecule has 2 aliphatic rings. The standard InChI is InChI=1S/C25H34N2O2.C2H6.2CH4.H2/c1-3-18-27(25(29)22-17-11-10-12-19(22)2)23(20-13-6-4-7-14-20)24(28)26-21-15-8-5-9-16-21;1-2;;;/h1,10-12,17,20-21,23H,4-9,13-16,18H2,2H3,(H,26,28);1-2H3;2*1H4;1H. The van der Waals surface area contributed by atoms with E-state index in [9.17, 15) is 9.59 Å². The lowest BCUT2D eigenvalue weighted by molar-refractivity contribution is -0.128. The van der Waals surface area contributed by atoms with Gasteiger partial charge in [-0.05, 0) is 50.2 Å². The first kappa shape index (κ1) is 30.7. The summed E-state index contributed by atoms with van der Waals surface area (Å²) in [6.45, 7) is 6.09. The van der Waals surface area contributed by atoms with Gasteiger partial charge in [-0.3, -0.25) is 9.59 Å². The minimum Gasteiger partial charge on any atom is -0.352 e. The molecular weight excluding hydrogens is 408 g/mol. The molecule has 2 aliphatic carbocycles. The second-order valence-corrected chi connectivity index (χ2v) is 8.64. The van der Waals surface area contributed by atoms with Crippen LogP contribution in [0.15, 0.2) is 24.3 Å². The fourth-order valence-electron chi connectivity index (χ4n) is 4.96. The Morgan fingerprint density at radius 3 is 2.12 bits per heavy atom. The topological polar surface area (TPSA) is 49.4 Å². The molecule has 1 unspecified atom stereocenters. The van der Waals surface area contributed by atoms with Crippen molar-refractivity contribution in [1.29, 1.82) is 0 Å². The Kier molecular flexibility index (Phi) is 15.2. The van der Waals surface area contributed by atoms with Gasteiger partial charge < -0.3 is 10.2 Å². The average molecular weight is 459 g/mol. The van der Waals surface area contributed by atoms with Crippen LogP contribution in [0.2, 0.25) is 0 Å². The van der Waals surface area contributed by atoms with E-state index in [-0.39, 0.29) is 46.6 Å². The van der Waals surface area contributed by atoms with Crippen LogP contribution in [0.3, 0.4) is 0 Å². The molecule has 188 valence electrons. The van der Waals surface area contributed by atoms with Gasteiger partial charge in [-0.2, -0.15) is 0 Å². The van der Waals surface area contributed by atoms with E-state index in [1.165, 1.54) is 12.8 Å². The highest BCUT2D eigenvalue weighted by atomic mass is 16.2. The quantitative estimate of drug-likeness (QED) is 0.466. The molecule has 1 N–H and O–H groups in total. The van der Waals surface area contributed by atoms with Crippen LogP contribution in [0.4, 0.5) is 0 Å². The third kappa shape index (κ3) is 8.54. The first-order chi connectivity index (χ1) is 15.1. The van der Waals surface area contributed by atoms with Gasteiger partial charge in [-0.25, -0.2) is 0 Å². The molecule has 4 heteroatoms. The molecule has 2 saturated carbocycles. The molecule has 0 saturated heterocycles. The Morgan fingerprint density at radius 1 is 1.03 bits per heavy atom. The molecular formula is C29H50N2O2. The minimum absolute atomic E-state index is 0. The third-order valence-electron chi connectivity index (χ3n) is 6.55. The second-order valence-electron chi connectivity index (χ2n) is 8.64. The number of nitrogens with one attached hydrogen (secondary N) is 1. The summed E-state index contributed by atoms with van der Waals surface area (Å²) in [4.78, 5) is 28.6. The number of benzene rings is 1. The maximum Gasteiger partial charge on any atom is 0.255 e. The number of nitrogens with zero attached hydrogens (tertiary/aromatic N) is 1. The molecule has 1 aromatic carbocycles. The number of rotatable bonds is 6. The van der Waals surface area contributed by atoms with Gasteiger partial charge in [0.15, 0.2) is 0 Å². The van der Waals surface area contributed by atoms with E-state index in [4.69, 9.17) is 6.42 Å². The molecule has 1 aromatic rings. The predicted molar refractivity (Wildman–Crippen MR) is 143 cm³/mol. The number of carbonyl (C=O) groups excluding carboxylic acids is 2. The molecule has 0 aromatic heterocycles. The van der Waals surface area contributed by atoms with Gasteiger partial charge in [0.25, 0.3) is 5.91 Å². The summed E-state index contributed by atoms with van der Waals surface area (Å²) in [5.74, 6) is 2.67. The zero-order valence-corrected chi connectivity index (χ0v) is 19.7. The minimum atomic E-state index is -0.486. The van der Waals surface area contributed by atoms with E-state index < -0.39 is 6.04 Å². The zero-order chi connectivity index (χ0) is 22.6. The van der Waals surface area contributed by atoms with Crippen LogP contribution in [0, 0.1) is 25.2 Å². The van der Waals surface area contributed by atoms with E-state index >= 15 is 0 Å². The summed E-state index contributed by atoms with van der Waals surface area (Å²) in [5, 5.41) is 3.27. The summed E-state index contributed by atoms with van der Waals surface area (Å²) in [5.41, 5.74) is 1.55. The maximum absolute atomic E-state index is 13.5. The van der Waals surface area contributed by atoms with Crippen molar-refractivity contribution in [3.05, 3.63) is 35.4 Å². The van der Waals surface area contributed by atoms with Gasteiger partial charge in [0.05, 0.1) is 6.54 Å². The Morgan fingerprint density at radius 2 is 1.58 bits per heavy atom. The Bertz CT molecular complexity index is 747. The SMILES string of the molecule is C.C.C#CCN(C(=O)c1ccccc1C)C(C(=O)NC1CCCCC1)C1CCCCC1.CC.[HH]. The first-order valence-electron chi connectivity index (χ1n) is 12.2. The summed E-state index contributed by atoms with van der Waals surface area (Å²) in [6, 6.07) is 7.29. The fourth-order valence-corrected chi connectivity index (χ4v) is 4.96. The van der Waals surface area contributed by atoms with Crippen molar-refractivity contribution in [2.45, 2.75) is 112 Å². The van der Waals surface area contributed by atoms with Gasteiger partial charge in [-0.1, -0.05) is 91.3 Å². The summed E-state index contributed by atoms with van der Waals surface area (Å²) < 4.78 is 0. The van der Waals surface area contributed by atoms with Crippen molar-refractivity contribution in [1.82, 2.24) is 10.2 Å². The van der Waals surface area contributed by atoms with E-state index in [0.29, 0.717) is 5.56 Å². The van der Waals surface area contributed by atoms with Gasteiger partial charge >= 0.3 is 0 Å². The van der Waals surface area contributed by atoms with Crippen LogP contribution in [0.5, 0.6) is 0 Å². The van der Waals surface area contributed by atoms with Crippen LogP contribution in [0.1, 0.15) is 110 Å². The van der Waals surface area contributed by atoms with Crippen LogP contribution in [-0.2, 0) is 4.79 Å². The molecule has 0 spiro atoms. The number of amides is 2. The smallest absolute Gasteiger partial charge is 0.255 e. The predicted octanol–water partition coefficient (Wildman–Crippen LogP) is 7.01. The molecule has 1 atom stereocenters. The van der Waals surface area contributed by atoms with Crippen molar-refractivity contribution in [2.75, 3.05) is 6.54 Å². The number of hydrogen-bond donors (Lipinski definition) is 1. The largest absolute Gasteiger partial charge is 0.352 e. The van der Waals surface area contributed by atoms with Crippen LogP contribution >= 0.6 is 0 Å². The van der Waals surface area contributed by atoms with Gasteiger partial charge in [-0.15, -0.1) is 6.42 Å². The lowest BCUT2D eigenvalue weighted by Crippen LogP contribution is -2.55. The highest BCUT2D eigenvalue weighted by Crippen LogP contribution is 2.31. The van der Waals surface area contributed by atoms with E-state index in [2.05, 4.69) is 11.2 Å². The molecule has 2 fully saturated rings. The van der Waals surface area contributed by atoms with Crippen molar-refractivity contribution in [3.8, 4) is 12.3 Å². The summed E-state index contributed by atoms with van der Waals surface area (Å²) in [7, 11) is 0. The summed E-state index contributed by atoms with van der Waals surface area (Å²) >= 11 is 0. The molecule has 0 bridgehead atoms. The van der Waals surface area contributed by atoms with Crippen molar-refractivity contribution >= 4 is 11.8 Å². The van der Waals surface area contributed by atoms with Crippen LogP contribution in [-0.4, -0.2) is 35.3 Å².